The van der Waals surface area contributed by atoms with Crippen LogP contribution in [0.15, 0.2) is 34.1 Å². The molecule has 0 heterocycles. The lowest BCUT2D eigenvalue weighted by atomic mass is 10.0. The maximum absolute atomic E-state index is 12.5. The fourth-order valence-corrected chi connectivity index (χ4v) is 3.21. The van der Waals surface area contributed by atoms with Crippen molar-refractivity contribution >= 4 is 40.9 Å². The molecule has 0 aromatic heterocycles. The first-order valence-electron chi connectivity index (χ1n) is 6.76. The van der Waals surface area contributed by atoms with Crippen LogP contribution in [-0.2, 0) is 9.59 Å². The summed E-state index contributed by atoms with van der Waals surface area (Å²) in [6, 6.07) is 7.00. The van der Waals surface area contributed by atoms with Gasteiger partial charge in [-0.3, -0.25) is 9.59 Å². The molecule has 1 amide bonds. The summed E-state index contributed by atoms with van der Waals surface area (Å²) in [6.45, 7) is 3.59. The Hall–Kier alpha value is -1.40. The molecule has 22 heavy (non-hydrogen) atoms. The lowest BCUT2D eigenvalue weighted by Crippen LogP contribution is -2.24. The van der Waals surface area contributed by atoms with Crippen LogP contribution in [0.3, 0.4) is 0 Å². The van der Waals surface area contributed by atoms with Crippen LogP contribution in [0.2, 0.25) is 0 Å². The number of carbonyl (C=O) groups is 2. The van der Waals surface area contributed by atoms with E-state index < -0.39 is 0 Å². The number of carbonyl (C=O) groups excluding carboxylic acids is 2. The summed E-state index contributed by atoms with van der Waals surface area (Å²) in [5.41, 5.74) is 0.854. The number of ketones is 1. The molecule has 0 atom stereocenters. The van der Waals surface area contributed by atoms with Gasteiger partial charge in [0, 0.05) is 11.6 Å². The van der Waals surface area contributed by atoms with Gasteiger partial charge in [0.25, 0.3) is 5.91 Å². The van der Waals surface area contributed by atoms with Gasteiger partial charge in [-0.05, 0) is 36.8 Å². The van der Waals surface area contributed by atoms with E-state index in [9.17, 15) is 9.59 Å². The molecular formula is C16H21NO3S2. The van der Waals surface area contributed by atoms with Gasteiger partial charge in [0.05, 0.1) is 11.3 Å². The summed E-state index contributed by atoms with van der Waals surface area (Å²) in [5.74, 6) is -0.0425. The summed E-state index contributed by atoms with van der Waals surface area (Å²) in [5, 5.41) is 2.78. The molecule has 0 saturated carbocycles. The molecule has 0 radical (unpaired) electrons. The van der Waals surface area contributed by atoms with Crippen LogP contribution < -0.4 is 10.1 Å². The minimum atomic E-state index is -0.373. The van der Waals surface area contributed by atoms with Gasteiger partial charge in [0.2, 0.25) is 0 Å². The van der Waals surface area contributed by atoms with Gasteiger partial charge in [0.15, 0.2) is 5.78 Å². The standard InChI is InChI=1S/C16H21NO3S2/c1-10(2)14(18)13(16(21-4)22-5)15(19)17-11-6-8-12(20-3)9-7-11/h6-10H,1-5H3,(H,17,19). The van der Waals surface area contributed by atoms with E-state index in [0.29, 0.717) is 11.4 Å². The maximum Gasteiger partial charge on any atom is 0.260 e. The molecule has 1 rings (SSSR count). The van der Waals surface area contributed by atoms with Gasteiger partial charge in [-0.1, -0.05) is 13.8 Å². The fraction of sp³-hybridized carbons (Fsp3) is 0.375. The van der Waals surface area contributed by atoms with Crippen molar-refractivity contribution in [1.29, 1.82) is 0 Å². The summed E-state index contributed by atoms with van der Waals surface area (Å²) in [4.78, 5) is 24.9. The van der Waals surface area contributed by atoms with Crippen molar-refractivity contribution in [2.75, 3.05) is 24.9 Å². The molecule has 4 nitrogen and oxygen atoms in total. The quantitative estimate of drug-likeness (QED) is 0.465. The number of hydrogen-bond acceptors (Lipinski definition) is 5. The zero-order valence-corrected chi connectivity index (χ0v) is 15.1. The monoisotopic (exact) mass is 339 g/mol. The third-order valence-corrected chi connectivity index (χ3v) is 5.07. The van der Waals surface area contributed by atoms with E-state index >= 15 is 0 Å². The van der Waals surface area contributed by atoms with Gasteiger partial charge in [-0.25, -0.2) is 0 Å². The summed E-state index contributed by atoms with van der Waals surface area (Å²) in [6.07, 6.45) is 3.72. The molecule has 120 valence electrons. The van der Waals surface area contributed by atoms with Crippen LogP contribution >= 0.6 is 23.5 Å². The average molecular weight is 339 g/mol. The van der Waals surface area contributed by atoms with Crippen LogP contribution in [0, 0.1) is 5.92 Å². The largest absolute Gasteiger partial charge is 0.497 e. The molecule has 0 aliphatic carbocycles. The number of amides is 1. The predicted molar refractivity (Wildman–Crippen MR) is 95.5 cm³/mol. The molecule has 0 bridgehead atoms. The van der Waals surface area contributed by atoms with E-state index in [-0.39, 0.29) is 23.2 Å². The third-order valence-electron chi connectivity index (χ3n) is 2.92. The normalized spacial score (nSPS) is 10.3. The van der Waals surface area contributed by atoms with Gasteiger partial charge >= 0.3 is 0 Å². The second kappa shape index (κ2) is 8.90. The summed E-state index contributed by atoms with van der Waals surface area (Å²) in [7, 11) is 1.58. The van der Waals surface area contributed by atoms with Gasteiger partial charge in [-0.15, -0.1) is 23.5 Å². The van der Waals surface area contributed by atoms with Crippen molar-refractivity contribution in [3.63, 3.8) is 0 Å². The Morgan fingerprint density at radius 2 is 1.64 bits per heavy atom. The van der Waals surface area contributed by atoms with Crippen molar-refractivity contribution in [3.8, 4) is 5.75 Å². The number of rotatable bonds is 7. The highest BCUT2D eigenvalue weighted by Crippen LogP contribution is 2.30. The molecule has 1 aromatic carbocycles. The first-order chi connectivity index (χ1) is 10.4. The number of Topliss-reactive ketones (excluding diaryl/α,β-unsaturated/α-hetero) is 1. The van der Waals surface area contributed by atoms with Crippen LogP contribution in [0.25, 0.3) is 0 Å². The molecule has 0 aliphatic rings. The Morgan fingerprint density at radius 1 is 1.09 bits per heavy atom. The minimum absolute atomic E-state index is 0.148. The lowest BCUT2D eigenvalue weighted by Gasteiger charge is -2.14. The number of thioether (sulfide) groups is 2. The zero-order chi connectivity index (χ0) is 16.7. The maximum atomic E-state index is 12.5. The first kappa shape index (κ1) is 18.6. The lowest BCUT2D eigenvalue weighted by molar-refractivity contribution is -0.122. The highest BCUT2D eigenvalue weighted by Gasteiger charge is 2.25. The number of methoxy groups -OCH3 is 1. The number of ether oxygens (including phenoxy) is 1. The SMILES string of the molecule is COc1ccc(NC(=O)C(C(=O)C(C)C)=C(SC)SC)cc1. The molecule has 0 unspecified atom stereocenters. The van der Waals surface area contributed by atoms with Crippen molar-refractivity contribution in [3.05, 3.63) is 34.1 Å². The van der Waals surface area contributed by atoms with E-state index in [1.165, 1.54) is 23.5 Å². The second-order valence-corrected chi connectivity index (χ2v) is 6.66. The van der Waals surface area contributed by atoms with E-state index in [1.807, 2.05) is 12.5 Å². The highest BCUT2D eigenvalue weighted by molar-refractivity contribution is 8.21. The van der Waals surface area contributed by atoms with Crippen molar-refractivity contribution in [1.82, 2.24) is 0 Å². The predicted octanol–water partition coefficient (Wildman–Crippen LogP) is 3.80. The van der Waals surface area contributed by atoms with Crippen LogP contribution in [0.4, 0.5) is 5.69 Å². The second-order valence-electron chi connectivity index (χ2n) is 4.77. The molecule has 0 spiro atoms. The number of anilines is 1. The van der Waals surface area contributed by atoms with Crippen LogP contribution in [0.1, 0.15) is 13.8 Å². The topological polar surface area (TPSA) is 55.4 Å². The van der Waals surface area contributed by atoms with Crippen LogP contribution in [0.5, 0.6) is 5.75 Å². The number of benzene rings is 1. The smallest absolute Gasteiger partial charge is 0.260 e. The number of hydrogen-bond donors (Lipinski definition) is 1. The van der Waals surface area contributed by atoms with Crippen LogP contribution in [-0.4, -0.2) is 31.3 Å². The Morgan fingerprint density at radius 3 is 2.05 bits per heavy atom. The van der Waals surface area contributed by atoms with Crippen molar-refractivity contribution in [2.24, 2.45) is 5.92 Å². The molecular weight excluding hydrogens is 318 g/mol. The Labute approximate surface area is 140 Å². The Balaban J connectivity index is 3.06. The van der Waals surface area contributed by atoms with E-state index in [4.69, 9.17) is 4.74 Å². The molecule has 0 aliphatic heterocycles. The van der Waals surface area contributed by atoms with Gasteiger partial charge < -0.3 is 10.1 Å². The van der Waals surface area contributed by atoms with Crippen molar-refractivity contribution in [2.45, 2.75) is 13.8 Å². The molecule has 1 aromatic rings. The van der Waals surface area contributed by atoms with E-state index in [1.54, 1.807) is 45.2 Å². The third kappa shape index (κ3) is 4.81. The summed E-state index contributed by atoms with van der Waals surface area (Å²) < 4.78 is 5.81. The minimum Gasteiger partial charge on any atom is -0.497 e. The Bertz CT molecular complexity index is 559. The molecule has 0 fully saturated rings. The summed E-state index contributed by atoms with van der Waals surface area (Å²) >= 11 is 2.82. The van der Waals surface area contributed by atoms with Crippen molar-refractivity contribution < 1.29 is 14.3 Å². The van der Waals surface area contributed by atoms with Gasteiger partial charge in [-0.2, -0.15) is 0 Å². The molecule has 6 heteroatoms. The Kier molecular flexibility index (Phi) is 7.55. The fourth-order valence-electron chi connectivity index (χ4n) is 1.75. The van der Waals surface area contributed by atoms with E-state index in [0.717, 1.165) is 4.24 Å². The average Bonchev–Trinajstić information content (AvgIpc) is 2.52. The van der Waals surface area contributed by atoms with E-state index in [2.05, 4.69) is 5.32 Å². The number of nitrogens with one attached hydrogen (secondary N) is 1. The molecule has 1 N–H and O–H groups in total. The highest BCUT2D eigenvalue weighted by atomic mass is 32.2. The zero-order valence-electron chi connectivity index (χ0n) is 13.4. The first-order valence-corrected chi connectivity index (χ1v) is 9.21. The molecule has 0 saturated heterocycles. The van der Waals surface area contributed by atoms with Gasteiger partial charge in [0.1, 0.15) is 11.3 Å².